The van der Waals surface area contributed by atoms with Crippen molar-refractivity contribution in [1.82, 2.24) is 4.98 Å². The van der Waals surface area contributed by atoms with Crippen molar-refractivity contribution >= 4 is 5.97 Å². The molecule has 25 heavy (non-hydrogen) atoms. The highest BCUT2D eigenvalue weighted by Gasteiger charge is 2.08. The zero-order valence-electron chi connectivity index (χ0n) is 15.5. The first-order valence-electron chi connectivity index (χ1n) is 10.1. The average Bonchev–Trinajstić information content (AvgIpc) is 3.16. The summed E-state index contributed by atoms with van der Waals surface area (Å²) < 4.78 is 5.26. The van der Waals surface area contributed by atoms with Crippen LogP contribution >= 0.6 is 0 Å². The number of nitrogens with zero attached hydrogens (tertiary/aromatic N) is 1. The van der Waals surface area contributed by atoms with E-state index in [1.54, 1.807) is 12.4 Å². The Morgan fingerprint density at radius 2 is 1.84 bits per heavy atom. The Bertz CT molecular complexity index is 498. The Morgan fingerprint density at radius 1 is 1.08 bits per heavy atom. The van der Waals surface area contributed by atoms with Gasteiger partial charge in [0.15, 0.2) is 0 Å². The molecule has 1 aromatic rings. The van der Waals surface area contributed by atoms with Gasteiger partial charge in [-0.2, -0.15) is 0 Å². The molecule has 0 fully saturated rings. The molecule has 0 spiro atoms. The highest BCUT2D eigenvalue weighted by atomic mass is 16.5. The van der Waals surface area contributed by atoms with Gasteiger partial charge in [0.25, 0.3) is 0 Å². The Kier molecular flexibility index (Phi) is 9.99. The van der Waals surface area contributed by atoms with Gasteiger partial charge >= 0.3 is 5.97 Å². The van der Waals surface area contributed by atoms with Crippen LogP contribution in [0.1, 0.15) is 82.6 Å². The molecule has 0 aromatic carbocycles. The lowest BCUT2D eigenvalue weighted by Gasteiger charge is -2.07. The van der Waals surface area contributed by atoms with Gasteiger partial charge in [-0.3, -0.25) is 9.78 Å². The van der Waals surface area contributed by atoms with Crippen molar-refractivity contribution in [3.05, 3.63) is 42.2 Å². The van der Waals surface area contributed by atoms with Crippen molar-refractivity contribution in [2.24, 2.45) is 5.92 Å². The van der Waals surface area contributed by atoms with E-state index in [9.17, 15) is 4.79 Å². The SMILES string of the molecule is O=C(CCCCCCCCCCC1C=CCC1)OCc1cccnc1. The summed E-state index contributed by atoms with van der Waals surface area (Å²) in [5, 5.41) is 0. The van der Waals surface area contributed by atoms with E-state index in [0.717, 1.165) is 24.3 Å². The molecule has 1 heterocycles. The number of aromatic nitrogens is 1. The summed E-state index contributed by atoms with van der Waals surface area (Å²) in [5.74, 6) is 0.780. The molecule has 0 saturated carbocycles. The zero-order chi connectivity index (χ0) is 17.6. The number of carbonyl (C=O) groups excluding carboxylic acids is 1. The van der Waals surface area contributed by atoms with Gasteiger partial charge < -0.3 is 4.74 Å². The van der Waals surface area contributed by atoms with Gasteiger partial charge in [0.2, 0.25) is 0 Å². The minimum atomic E-state index is -0.0928. The van der Waals surface area contributed by atoms with Crippen LogP contribution in [0, 0.1) is 5.92 Å². The van der Waals surface area contributed by atoms with Gasteiger partial charge in [-0.25, -0.2) is 0 Å². The molecule has 1 atom stereocenters. The van der Waals surface area contributed by atoms with Crippen LogP contribution in [-0.4, -0.2) is 11.0 Å². The summed E-state index contributed by atoms with van der Waals surface area (Å²) in [7, 11) is 0. The summed E-state index contributed by atoms with van der Waals surface area (Å²) in [6, 6.07) is 3.78. The Morgan fingerprint density at radius 3 is 2.52 bits per heavy atom. The summed E-state index contributed by atoms with van der Waals surface area (Å²) in [4.78, 5) is 15.7. The number of pyridine rings is 1. The summed E-state index contributed by atoms with van der Waals surface area (Å²) in [6.07, 6.45) is 22.9. The Labute approximate surface area is 152 Å². The molecule has 3 nitrogen and oxygen atoms in total. The fourth-order valence-electron chi connectivity index (χ4n) is 3.39. The molecule has 1 aliphatic carbocycles. The van der Waals surface area contributed by atoms with E-state index in [2.05, 4.69) is 17.1 Å². The third-order valence-electron chi connectivity index (χ3n) is 4.94. The monoisotopic (exact) mass is 343 g/mol. The van der Waals surface area contributed by atoms with Crippen LogP contribution in [0.25, 0.3) is 0 Å². The van der Waals surface area contributed by atoms with Gasteiger partial charge in [-0.05, 0) is 37.7 Å². The first-order valence-corrected chi connectivity index (χ1v) is 10.1. The number of rotatable bonds is 13. The second kappa shape index (κ2) is 12.7. The number of esters is 1. The molecule has 1 aromatic heterocycles. The number of unbranched alkanes of at least 4 members (excludes halogenated alkanes) is 7. The van der Waals surface area contributed by atoms with Gasteiger partial charge in [-0.15, -0.1) is 0 Å². The maximum absolute atomic E-state index is 11.7. The fraction of sp³-hybridized carbons (Fsp3) is 0.636. The van der Waals surface area contributed by atoms with Gasteiger partial charge in [0, 0.05) is 24.4 Å². The molecule has 1 aliphatic rings. The maximum Gasteiger partial charge on any atom is 0.306 e. The van der Waals surface area contributed by atoms with E-state index >= 15 is 0 Å². The molecule has 0 bridgehead atoms. The van der Waals surface area contributed by atoms with Crippen molar-refractivity contribution in [1.29, 1.82) is 0 Å². The first kappa shape index (κ1) is 19.7. The summed E-state index contributed by atoms with van der Waals surface area (Å²) >= 11 is 0. The smallest absolute Gasteiger partial charge is 0.306 e. The van der Waals surface area contributed by atoms with Crippen LogP contribution < -0.4 is 0 Å². The zero-order valence-corrected chi connectivity index (χ0v) is 15.5. The van der Waals surface area contributed by atoms with Crippen LogP contribution in [0.3, 0.4) is 0 Å². The van der Waals surface area contributed by atoms with E-state index in [0.29, 0.717) is 13.0 Å². The Balaban J connectivity index is 1.33. The standard InChI is InChI=1S/C22H33NO2/c24-22(25-19-21-15-11-17-23-18-21)16-8-6-4-2-1-3-5-7-12-20-13-9-10-14-20/h9,11,13,15,17-18,20H,1-8,10,12,14,16,19H2. The average molecular weight is 344 g/mol. The normalized spacial score (nSPS) is 16.2. The van der Waals surface area contributed by atoms with E-state index in [1.807, 2.05) is 12.1 Å². The lowest BCUT2D eigenvalue weighted by atomic mass is 9.99. The number of carbonyl (C=O) groups is 1. The molecule has 1 unspecified atom stereocenters. The van der Waals surface area contributed by atoms with Crippen molar-refractivity contribution in [3.8, 4) is 0 Å². The highest BCUT2D eigenvalue weighted by molar-refractivity contribution is 5.69. The van der Waals surface area contributed by atoms with Gasteiger partial charge in [0.1, 0.15) is 6.61 Å². The molecular formula is C22H33NO2. The largest absolute Gasteiger partial charge is 0.461 e. The van der Waals surface area contributed by atoms with Crippen molar-refractivity contribution in [3.63, 3.8) is 0 Å². The summed E-state index contributed by atoms with van der Waals surface area (Å²) in [5.41, 5.74) is 0.944. The lowest BCUT2D eigenvalue weighted by Crippen LogP contribution is -2.04. The molecule has 0 aliphatic heterocycles. The second-order valence-electron chi connectivity index (χ2n) is 7.15. The molecule has 2 rings (SSSR count). The maximum atomic E-state index is 11.7. The molecule has 0 radical (unpaired) electrons. The minimum absolute atomic E-state index is 0.0928. The number of ether oxygens (including phenoxy) is 1. The molecule has 0 amide bonds. The molecule has 0 saturated heterocycles. The predicted octanol–water partition coefficient (Wildman–Crippen LogP) is 5.99. The van der Waals surface area contributed by atoms with E-state index in [-0.39, 0.29) is 5.97 Å². The molecular weight excluding hydrogens is 310 g/mol. The third-order valence-corrected chi connectivity index (χ3v) is 4.94. The van der Waals surface area contributed by atoms with Crippen LogP contribution in [0.15, 0.2) is 36.7 Å². The van der Waals surface area contributed by atoms with Crippen molar-refractivity contribution in [2.45, 2.75) is 83.7 Å². The van der Waals surface area contributed by atoms with Gasteiger partial charge in [-0.1, -0.05) is 63.2 Å². The molecule has 3 heteroatoms. The van der Waals surface area contributed by atoms with Crippen LogP contribution in [0.4, 0.5) is 0 Å². The Hall–Kier alpha value is -1.64. The topological polar surface area (TPSA) is 39.2 Å². The van der Waals surface area contributed by atoms with Crippen molar-refractivity contribution in [2.75, 3.05) is 0 Å². The minimum Gasteiger partial charge on any atom is -0.461 e. The van der Waals surface area contributed by atoms with Gasteiger partial charge in [0.05, 0.1) is 0 Å². The van der Waals surface area contributed by atoms with Crippen LogP contribution in [0.5, 0.6) is 0 Å². The quantitative estimate of drug-likeness (QED) is 0.251. The van der Waals surface area contributed by atoms with E-state index < -0.39 is 0 Å². The predicted molar refractivity (Wildman–Crippen MR) is 102 cm³/mol. The third kappa shape index (κ3) is 9.42. The second-order valence-corrected chi connectivity index (χ2v) is 7.15. The number of hydrogen-bond donors (Lipinski definition) is 0. The fourth-order valence-corrected chi connectivity index (χ4v) is 3.39. The van der Waals surface area contributed by atoms with E-state index in [4.69, 9.17) is 4.74 Å². The first-order chi connectivity index (χ1) is 12.3. The molecule has 138 valence electrons. The highest BCUT2D eigenvalue weighted by Crippen LogP contribution is 2.23. The number of allylic oxidation sites excluding steroid dienone is 2. The van der Waals surface area contributed by atoms with Crippen molar-refractivity contribution < 1.29 is 9.53 Å². The van der Waals surface area contributed by atoms with E-state index in [1.165, 1.54) is 57.8 Å². The van der Waals surface area contributed by atoms with Crippen LogP contribution in [0.2, 0.25) is 0 Å². The molecule has 0 N–H and O–H groups in total. The number of hydrogen-bond acceptors (Lipinski definition) is 3. The summed E-state index contributed by atoms with van der Waals surface area (Å²) in [6.45, 7) is 0.337. The lowest BCUT2D eigenvalue weighted by molar-refractivity contribution is -0.145. The van der Waals surface area contributed by atoms with Crippen LogP contribution in [-0.2, 0) is 16.1 Å².